The molecule has 1 heterocycles. The first-order valence-electron chi connectivity index (χ1n) is 4.91. The summed E-state index contributed by atoms with van der Waals surface area (Å²) >= 11 is 0. The summed E-state index contributed by atoms with van der Waals surface area (Å²) in [7, 11) is 0. The Kier molecular flexibility index (Phi) is 2.51. The van der Waals surface area contributed by atoms with Gasteiger partial charge in [-0.25, -0.2) is 0 Å². The van der Waals surface area contributed by atoms with Crippen LogP contribution in [0.5, 0.6) is 0 Å². The van der Waals surface area contributed by atoms with Gasteiger partial charge in [0.1, 0.15) is 0 Å². The molecule has 0 aromatic heterocycles. The fourth-order valence-corrected chi connectivity index (χ4v) is 1.55. The van der Waals surface area contributed by atoms with E-state index in [1.165, 1.54) is 0 Å². The summed E-state index contributed by atoms with van der Waals surface area (Å²) in [5.41, 5.74) is 5.30. The van der Waals surface area contributed by atoms with Crippen LogP contribution in [0.4, 0.5) is 0 Å². The molecule has 4 nitrogen and oxygen atoms in total. The van der Waals surface area contributed by atoms with Crippen LogP contribution in [0.15, 0.2) is 0 Å². The molecule has 0 unspecified atom stereocenters. The second-order valence-electron chi connectivity index (χ2n) is 3.80. The van der Waals surface area contributed by atoms with Crippen LogP contribution >= 0.6 is 0 Å². The van der Waals surface area contributed by atoms with Gasteiger partial charge in [0, 0.05) is 25.6 Å². The maximum Gasteiger partial charge on any atom is 0.225 e. The van der Waals surface area contributed by atoms with Gasteiger partial charge in [-0.1, -0.05) is 0 Å². The highest BCUT2D eigenvalue weighted by atomic mass is 16.5. The molecule has 1 saturated carbocycles. The van der Waals surface area contributed by atoms with E-state index in [1.54, 1.807) is 0 Å². The van der Waals surface area contributed by atoms with Crippen molar-refractivity contribution in [1.29, 1.82) is 0 Å². The molecule has 1 aliphatic carbocycles. The normalized spacial score (nSPS) is 23.0. The van der Waals surface area contributed by atoms with Crippen LogP contribution < -0.4 is 5.73 Å². The molecule has 13 heavy (non-hydrogen) atoms. The number of amides is 1. The summed E-state index contributed by atoms with van der Waals surface area (Å²) < 4.78 is 5.39. The average molecular weight is 184 g/mol. The van der Waals surface area contributed by atoms with E-state index in [-0.39, 0.29) is 6.10 Å². The van der Waals surface area contributed by atoms with Crippen molar-refractivity contribution in [2.75, 3.05) is 26.2 Å². The molecule has 2 fully saturated rings. The highest BCUT2D eigenvalue weighted by Crippen LogP contribution is 2.32. The zero-order chi connectivity index (χ0) is 9.26. The lowest BCUT2D eigenvalue weighted by Gasteiger charge is -2.39. The topological polar surface area (TPSA) is 55.6 Å². The zero-order valence-corrected chi connectivity index (χ0v) is 7.74. The van der Waals surface area contributed by atoms with Crippen molar-refractivity contribution in [2.24, 2.45) is 11.7 Å². The van der Waals surface area contributed by atoms with Crippen molar-refractivity contribution >= 4 is 5.91 Å². The van der Waals surface area contributed by atoms with Crippen molar-refractivity contribution in [3.05, 3.63) is 0 Å². The predicted molar refractivity (Wildman–Crippen MR) is 48.1 cm³/mol. The second kappa shape index (κ2) is 3.64. The quantitative estimate of drug-likeness (QED) is 0.645. The van der Waals surface area contributed by atoms with Gasteiger partial charge in [0.05, 0.1) is 12.7 Å². The molecule has 2 N–H and O–H groups in total. The first-order valence-corrected chi connectivity index (χ1v) is 4.91. The number of hydrogen-bond acceptors (Lipinski definition) is 3. The summed E-state index contributed by atoms with van der Waals surface area (Å²) in [6.45, 7) is 2.72. The molecule has 0 radical (unpaired) electrons. The van der Waals surface area contributed by atoms with E-state index in [1.807, 2.05) is 4.90 Å². The van der Waals surface area contributed by atoms with Gasteiger partial charge in [-0.2, -0.15) is 0 Å². The summed E-state index contributed by atoms with van der Waals surface area (Å²) in [6, 6.07) is 0. The van der Waals surface area contributed by atoms with Crippen molar-refractivity contribution in [3.63, 3.8) is 0 Å². The summed E-state index contributed by atoms with van der Waals surface area (Å²) in [5.74, 6) is 0.669. The molecule has 2 rings (SSSR count). The van der Waals surface area contributed by atoms with Gasteiger partial charge in [0.25, 0.3) is 0 Å². The highest BCUT2D eigenvalue weighted by molar-refractivity contribution is 5.81. The predicted octanol–water partition coefficient (Wildman–Crippen LogP) is -0.418. The number of ether oxygens (including phenoxy) is 1. The Morgan fingerprint density at radius 2 is 2.15 bits per heavy atom. The minimum atomic E-state index is 0.242. The molecule has 2 aliphatic rings. The third kappa shape index (κ3) is 2.00. The highest BCUT2D eigenvalue weighted by Gasteiger charge is 2.39. The fraction of sp³-hybridized carbons (Fsp3) is 0.889. The third-order valence-corrected chi connectivity index (χ3v) is 2.56. The van der Waals surface area contributed by atoms with Crippen molar-refractivity contribution in [2.45, 2.75) is 18.9 Å². The molecule has 0 spiro atoms. The number of likely N-dealkylation sites (tertiary alicyclic amines) is 1. The van der Waals surface area contributed by atoms with Crippen LogP contribution in [-0.2, 0) is 9.53 Å². The minimum Gasteiger partial charge on any atom is -0.373 e. The fourth-order valence-electron chi connectivity index (χ4n) is 1.55. The lowest BCUT2D eigenvalue weighted by molar-refractivity contribution is -0.146. The standard InChI is InChI=1S/C9H16N2O2/c10-3-4-13-8-5-11(6-8)9(12)7-1-2-7/h7-8H,1-6,10H2. The average Bonchev–Trinajstić information content (AvgIpc) is 2.83. The van der Waals surface area contributed by atoms with Gasteiger partial charge in [-0.3, -0.25) is 4.79 Å². The van der Waals surface area contributed by atoms with Crippen LogP contribution in [0.25, 0.3) is 0 Å². The Bertz CT molecular complexity index is 198. The lowest BCUT2D eigenvalue weighted by atomic mass is 10.1. The maximum atomic E-state index is 11.5. The van der Waals surface area contributed by atoms with Gasteiger partial charge >= 0.3 is 0 Å². The Morgan fingerprint density at radius 1 is 1.46 bits per heavy atom. The number of nitrogens with two attached hydrogens (primary N) is 1. The Labute approximate surface area is 78.0 Å². The van der Waals surface area contributed by atoms with Crippen molar-refractivity contribution in [1.82, 2.24) is 4.90 Å². The van der Waals surface area contributed by atoms with Crippen LogP contribution in [0.2, 0.25) is 0 Å². The number of carbonyl (C=O) groups is 1. The Balaban J connectivity index is 1.63. The molecular formula is C9H16N2O2. The van der Waals surface area contributed by atoms with Gasteiger partial charge in [0.15, 0.2) is 0 Å². The minimum absolute atomic E-state index is 0.242. The molecule has 0 aromatic carbocycles. The molecule has 1 aliphatic heterocycles. The van der Waals surface area contributed by atoms with Gasteiger partial charge in [-0.15, -0.1) is 0 Å². The molecule has 0 aromatic rings. The van der Waals surface area contributed by atoms with Crippen LogP contribution in [0, 0.1) is 5.92 Å². The van der Waals surface area contributed by atoms with Gasteiger partial charge < -0.3 is 15.4 Å². The third-order valence-electron chi connectivity index (χ3n) is 2.56. The monoisotopic (exact) mass is 184 g/mol. The van der Waals surface area contributed by atoms with E-state index in [2.05, 4.69) is 0 Å². The number of hydrogen-bond donors (Lipinski definition) is 1. The maximum absolute atomic E-state index is 11.5. The van der Waals surface area contributed by atoms with Gasteiger partial charge in [0.2, 0.25) is 5.91 Å². The Hall–Kier alpha value is -0.610. The number of nitrogens with zero attached hydrogens (tertiary/aromatic N) is 1. The largest absolute Gasteiger partial charge is 0.373 e. The van der Waals surface area contributed by atoms with Crippen molar-refractivity contribution in [3.8, 4) is 0 Å². The number of carbonyl (C=O) groups excluding carboxylic acids is 1. The summed E-state index contributed by atoms with van der Waals surface area (Å²) in [5, 5.41) is 0. The molecule has 1 amide bonds. The van der Waals surface area contributed by atoms with E-state index >= 15 is 0 Å². The molecule has 74 valence electrons. The first kappa shape index (κ1) is 8.97. The van der Waals surface area contributed by atoms with E-state index in [9.17, 15) is 4.79 Å². The smallest absolute Gasteiger partial charge is 0.225 e. The van der Waals surface area contributed by atoms with Crippen LogP contribution in [0.3, 0.4) is 0 Å². The Morgan fingerprint density at radius 3 is 2.69 bits per heavy atom. The number of rotatable bonds is 4. The SMILES string of the molecule is NCCOC1CN(C(=O)C2CC2)C1. The molecule has 0 bridgehead atoms. The molecule has 1 saturated heterocycles. The van der Waals surface area contributed by atoms with Crippen molar-refractivity contribution < 1.29 is 9.53 Å². The molecule has 4 heteroatoms. The summed E-state index contributed by atoms with van der Waals surface area (Å²) in [6.07, 6.45) is 2.42. The van der Waals surface area contributed by atoms with E-state index in [0.29, 0.717) is 25.0 Å². The van der Waals surface area contributed by atoms with E-state index in [0.717, 1.165) is 25.9 Å². The zero-order valence-electron chi connectivity index (χ0n) is 7.74. The molecular weight excluding hydrogens is 168 g/mol. The van der Waals surface area contributed by atoms with E-state index < -0.39 is 0 Å². The van der Waals surface area contributed by atoms with Crippen LogP contribution in [-0.4, -0.2) is 43.2 Å². The van der Waals surface area contributed by atoms with E-state index in [4.69, 9.17) is 10.5 Å². The molecule has 0 atom stereocenters. The van der Waals surface area contributed by atoms with Crippen LogP contribution in [0.1, 0.15) is 12.8 Å². The first-order chi connectivity index (χ1) is 6.31. The second-order valence-corrected chi connectivity index (χ2v) is 3.80. The van der Waals surface area contributed by atoms with Gasteiger partial charge in [-0.05, 0) is 12.8 Å². The lowest BCUT2D eigenvalue weighted by Crippen LogP contribution is -2.55. The summed E-state index contributed by atoms with van der Waals surface area (Å²) in [4.78, 5) is 13.3.